The van der Waals surface area contributed by atoms with Crippen molar-refractivity contribution in [3.8, 4) is 0 Å². The van der Waals surface area contributed by atoms with E-state index in [1.165, 1.54) is 23.3 Å². The van der Waals surface area contributed by atoms with Crippen LogP contribution >= 0.6 is 22.9 Å². The highest BCUT2D eigenvalue weighted by Gasteiger charge is 2.13. The lowest BCUT2D eigenvalue weighted by molar-refractivity contribution is -0.131. The standard InChI is InChI=1S/C12H18ClNO3S/c1-14(7-9(15)8-17-2)12(16)6-4-10-3-5-11(13)18-10/h3,5,9,15H,4,6-8H2,1-2H3. The van der Waals surface area contributed by atoms with Gasteiger partial charge in [-0.15, -0.1) is 11.3 Å². The predicted molar refractivity (Wildman–Crippen MR) is 73.2 cm³/mol. The molecule has 0 saturated carbocycles. The molecule has 0 spiro atoms. The lowest BCUT2D eigenvalue weighted by Gasteiger charge is -2.20. The molecule has 6 heteroatoms. The van der Waals surface area contributed by atoms with E-state index in [4.69, 9.17) is 16.3 Å². The summed E-state index contributed by atoms with van der Waals surface area (Å²) in [6.07, 6.45) is 0.466. The van der Waals surface area contributed by atoms with Gasteiger partial charge in [0.2, 0.25) is 5.91 Å². The highest BCUT2D eigenvalue weighted by molar-refractivity contribution is 7.16. The zero-order valence-corrected chi connectivity index (χ0v) is 12.1. The smallest absolute Gasteiger partial charge is 0.222 e. The van der Waals surface area contributed by atoms with Gasteiger partial charge in [-0.25, -0.2) is 0 Å². The fraction of sp³-hybridized carbons (Fsp3) is 0.583. The number of halogens is 1. The number of amides is 1. The normalized spacial score (nSPS) is 12.4. The van der Waals surface area contributed by atoms with Crippen LogP contribution in [0.4, 0.5) is 0 Å². The number of aryl methyl sites for hydroxylation is 1. The molecule has 0 aliphatic heterocycles. The molecule has 0 aliphatic rings. The van der Waals surface area contributed by atoms with Gasteiger partial charge in [-0.05, 0) is 18.6 Å². The summed E-state index contributed by atoms with van der Waals surface area (Å²) < 4.78 is 5.55. The monoisotopic (exact) mass is 291 g/mol. The number of thiophene rings is 1. The summed E-state index contributed by atoms with van der Waals surface area (Å²) in [5.74, 6) is 0.00896. The molecule has 4 nitrogen and oxygen atoms in total. The van der Waals surface area contributed by atoms with E-state index in [1.807, 2.05) is 12.1 Å². The molecule has 1 atom stereocenters. The number of rotatable bonds is 7. The molecule has 1 aromatic heterocycles. The lowest BCUT2D eigenvalue weighted by atomic mass is 10.2. The molecule has 18 heavy (non-hydrogen) atoms. The van der Waals surface area contributed by atoms with Crippen LogP contribution in [0.2, 0.25) is 4.34 Å². The van der Waals surface area contributed by atoms with Gasteiger partial charge in [0.15, 0.2) is 0 Å². The van der Waals surface area contributed by atoms with Crippen molar-refractivity contribution in [1.29, 1.82) is 0 Å². The fourth-order valence-corrected chi connectivity index (χ4v) is 2.66. The maximum Gasteiger partial charge on any atom is 0.222 e. The summed E-state index contributed by atoms with van der Waals surface area (Å²) in [4.78, 5) is 14.4. The topological polar surface area (TPSA) is 49.8 Å². The molecule has 102 valence electrons. The minimum Gasteiger partial charge on any atom is -0.389 e. The number of aliphatic hydroxyl groups excluding tert-OH is 1. The van der Waals surface area contributed by atoms with E-state index in [9.17, 15) is 9.90 Å². The molecular formula is C12H18ClNO3S. The summed E-state index contributed by atoms with van der Waals surface area (Å²) >= 11 is 7.31. The van der Waals surface area contributed by atoms with Crippen LogP contribution < -0.4 is 0 Å². The molecule has 1 N–H and O–H groups in total. The number of carbonyl (C=O) groups is 1. The van der Waals surface area contributed by atoms with E-state index in [2.05, 4.69) is 0 Å². The second-order valence-corrected chi connectivity index (χ2v) is 5.89. The first-order valence-corrected chi connectivity index (χ1v) is 6.87. The average molecular weight is 292 g/mol. The zero-order valence-electron chi connectivity index (χ0n) is 10.6. The zero-order chi connectivity index (χ0) is 13.5. The number of hydrogen-bond donors (Lipinski definition) is 1. The number of aliphatic hydroxyl groups is 1. The fourth-order valence-electron chi connectivity index (χ4n) is 1.57. The van der Waals surface area contributed by atoms with Crippen LogP contribution in [-0.4, -0.2) is 49.3 Å². The third kappa shape index (κ3) is 5.35. The number of likely N-dealkylation sites (N-methyl/N-ethyl adjacent to an activating group) is 1. The van der Waals surface area contributed by atoms with Crippen LogP contribution in [-0.2, 0) is 16.0 Å². The second-order valence-electron chi connectivity index (χ2n) is 4.09. The molecule has 1 amide bonds. The van der Waals surface area contributed by atoms with Gasteiger partial charge in [0.05, 0.1) is 17.0 Å². The van der Waals surface area contributed by atoms with Crippen molar-refractivity contribution in [3.05, 3.63) is 21.3 Å². The molecule has 0 aromatic carbocycles. The molecule has 1 rings (SSSR count). The quantitative estimate of drug-likeness (QED) is 0.833. The molecule has 1 unspecified atom stereocenters. The molecule has 0 saturated heterocycles. The van der Waals surface area contributed by atoms with E-state index in [0.717, 1.165) is 9.21 Å². The largest absolute Gasteiger partial charge is 0.389 e. The number of carbonyl (C=O) groups excluding carboxylic acids is 1. The molecule has 0 radical (unpaired) electrons. The molecule has 0 aliphatic carbocycles. The van der Waals surface area contributed by atoms with E-state index in [0.29, 0.717) is 12.8 Å². The van der Waals surface area contributed by atoms with E-state index < -0.39 is 6.10 Å². The van der Waals surface area contributed by atoms with Gasteiger partial charge in [0.25, 0.3) is 0 Å². The van der Waals surface area contributed by atoms with Crippen molar-refractivity contribution in [2.24, 2.45) is 0 Å². The SMILES string of the molecule is COCC(O)CN(C)C(=O)CCc1ccc(Cl)s1. The Morgan fingerprint density at radius 1 is 1.61 bits per heavy atom. The number of nitrogens with zero attached hydrogens (tertiary/aromatic N) is 1. The third-order valence-corrected chi connectivity index (χ3v) is 3.77. The van der Waals surface area contributed by atoms with Crippen LogP contribution in [0.1, 0.15) is 11.3 Å². The summed E-state index contributed by atoms with van der Waals surface area (Å²) in [5, 5.41) is 9.52. The Labute approximate surface area is 116 Å². The van der Waals surface area contributed by atoms with Crippen molar-refractivity contribution in [2.75, 3.05) is 27.3 Å². The molecule has 1 aromatic rings. The summed E-state index contributed by atoms with van der Waals surface area (Å²) in [6, 6.07) is 3.76. The van der Waals surface area contributed by atoms with Crippen molar-refractivity contribution in [2.45, 2.75) is 18.9 Å². The van der Waals surface area contributed by atoms with Gasteiger partial charge < -0.3 is 14.7 Å². The van der Waals surface area contributed by atoms with Crippen LogP contribution in [0, 0.1) is 0 Å². The number of hydrogen-bond acceptors (Lipinski definition) is 4. The number of ether oxygens (including phenoxy) is 1. The van der Waals surface area contributed by atoms with Crippen molar-refractivity contribution >= 4 is 28.8 Å². The van der Waals surface area contributed by atoms with Crippen LogP contribution in [0.15, 0.2) is 12.1 Å². The first-order chi connectivity index (χ1) is 8.52. The second kappa shape index (κ2) is 7.74. The maximum absolute atomic E-state index is 11.8. The van der Waals surface area contributed by atoms with Crippen LogP contribution in [0.3, 0.4) is 0 Å². The van der Waals surface area contributed by atoms with Crippen molar-refractivity contribution in [3.63, 3.8) is 0 Å². The van der Waals surface area contributed by atoms with E-state index >= 15 is 0 Å². The van der Waals surface area contributed by atoms with Gasteiger partial charge in [-0.1, -0.05) is 11.6 Å². The minimum absolute atomic E-state index is 0.00896. The van der Waals surface area contributed by atoms with Gasteiger partial charge in [-0.3, -0.25) is 4.79 Å². The maximum atomic E-state index is 11.8. The predicted octanol–water partition coefficient (Wildman–Crippen LogP) is 1.80. The minimum atomic E-state index is -0.639. The average Bonchev–Trinajstić information content (AvgIpc) is 2.72. The first kappa shape index (κ1) is 15.4. The first-order valence-electron chi connectivity index (χ1n) is 5.68. The highest BCUT2D eigenvalue weighted by atomic mass is 35.5. The van der Waals surface area contributed by atoms with Crippen molar-refractivity contribution in [1.82, 2.24) is 4.90 Å². The van der Waals surface area contributed by atoms with Gasteiger partial charge in [-0.2, -0.15) is 0 Å². The molecular weight excluding hydrogens is 274 g/mol. The van der Waals surface area contributed by atoms with Gasteiger partial charge in [0.1, 0.15) is 0 Å². The Bertz CT molecular complexity index is 383. The molecule has 0 fully saturated rings. The Morgan fingerprint density at radius 2 is 2.33 bits per heavy atom. The van der Waals surface area contributed by atoms with Crippen LogP contribution in [0.25, 0.3) is 0 Å². The molecule has 0 bridgehead atoms. The Hall–Kier alpha value is -0.620. The molecule has 1 heterocycles. The summed E-state index contributed by atoms with van der Waals surface area (Å²) in [6.45, 7) is 0.524. The van der Waals surface area contributed by atoms with Gasteiger partial charge >= 0.3 is 0 Å². The van der Waals surface area contributed by atoms with Gasteiger partial charge in [0, 0.05) is 32.0 Å². The Morgan fingerprint density at radius 3 is 2.89 bits per heavy atom. The summed E-state index contributed by atoms with van der Waals surface area (Å²) in [7, 11) is 3.20. The number of methoxy groups -OCH3 is 1. The lowest BCUT2D eigenvalue weighted by Crippen LogP contribution is -2.36. The van der Waals surface area contributed by atoms with E-state index in [1.54, 1.807) is 7.05 Å². The highest BCUT2D eigenvalue weighted by Crippen LogP contribution is 2.22. The van der Waals surface area contributed by atoms with E-state index in [-0.39, 0.29) is 19.1 Å². The van der Waals surface area contributed by atoms with Crippen molar-refractivity contribution < 1.29 is 14.6 Å². The van der Waals surface area contributed by atoms with Crippen LogP contribution in [0.5, 0.6) is 0 Å². The third-order valence-electron chi connectivity index (χ3n) is 2.48. The summed E-state index contributed by atoms with van der Waals surface area (Å²) in [5.41, 5.74) is 0. The Kier molecular flexibility index (Phi) is 6.63. The Balaban J connectivity index is 2.31.